The van der Waals surface area contributed by atoms with E-state index in [9.17, 15) is 12.8 Å². The Balaban J connectivity index is 2.41. The Morgan fingerprint density at radius 3 is 2.63 bits per heavy atom. The van der Waals surface area contributed by atoms with Crippen LogP contribution >= 0.6 is 0 Å². The van der Waals surface area contributed by atoms with Crippen LogP contribution in [0.4, 0.5) is 4.39 Å². The lowest BCUT2D eigenvalue weighted by Crippen LogP contribution is -2.40. The number of halogens is 1. The highest BCUT2D eigenvalue weighted by Crippen LogP contribution is 2.39. The predicted molar refractivity (Wildman–Crippen MR) is 72.2 cm³/mol. The molecule has 1 fully saturated rings. The first-order valence-electron chi connectivity index (χ1n) is 6.29. The van der Waals surface area contributed by atoms with Crippen molar-refractivity contribution >= 4 is 10.2 Å². The fourth-order valence-electron chi connectivity index (χ4n) is 2.57. The molecular weight excluding hydrogens is 267 g/mol. The molecule has 2 unspecified atom stereocenters. The van der Waals surface area contributed by atoms with Gasteiger partial charge >= 0.3 is 0 Å². The molecule has 0 spiro atoms. The van der Waals surface area contributed by atoms with Crippen LogP contribution in [0, 0.1) is 11.7 Å². The van der Waals surface area contributed by atoms with Crippen molar-refractivity contribution in [3.63, 3.8) is 0 Å². The predicted octanol–water partition coefficient (Wildman–Crippen LogP) is 2.01. The van der Waals surface area contributed by atoms with Gasteiger partial charge in [0.15, 0.2) is 0 Å². The number of rotatable bonds is 3. The van der Waals surface area contributed by atoms with Crippen molar-refractivity contribution in [2.75, 3.05) is 20.6 Å². The van der Waals surface area contributed by atoms with Gasteiger partial charge in [0, 0.05) is 20.6 Å². The van der Waals surface area contributed by atoms with E-state index in [1.54, 1.807) is 12.1 Å². The zero-order valence-corrected chi connectivity index (χ0v) is 12.2. The van der Waals surface area contributed by atoms with Crippen molar-refractivity contribution in [2.24, 2.45) is 5.92 Å². The summed E-state index contributed by atoms with van der Waals surface area (Å²) in [5.41, 5.74) is 0.718. The molecule has 1 aliphatic heterocycles. The summed E-state index contributed by atoms with van der Waals surface area (Å²) in [6.07, 6.45) is 0.786. The van der Waals surface area contributed by atoms with Crippen molar-refractivity contribution in [1.82, 2.24) is 8.61 Å². The van der Waals surface area contributed by atoms with Crippen molar-refractivity contribution in [2.45, 2.75) is 19.4 Å². The number of nitrogens with zero attached hydrogens (tertiary/aromatic N) is 2. The van der Waals surface area contributed by atoms with Crippen molar-refractivity contribution < 1.29 is 12.8 Å². The maximum Gasteiger partial charge on any atom is 0.282 e. The van der Waals surface area contributed by atoms with E-state index in [1.165, 1.54) is 34.8 Å². The summed E-state index contributed by atoms with van der Waals surface area (Å²) in [7, 11) is -0.446. The smallest absolute Gasteiger partial charge is 0.207 e. The van der Waals surface area contributed by atoms with Crippen molar-refractivity contribution in [3.8, 4) is 0 Å². The Kier molecular flexibility index (Phi) is 3.94. The van der Waals surface area contributed by atoms with Gasteiger partial charge in [0.05, 0.1) is 6.04 Å². The van der Waals surface area contributed by atoms with E-state index in [-0.39, 0.29) is 17.8 Å². The van der Waals surface area contributed by atoms with Crippen LogP contribution in [0.3, 0.4) is 0 Å². The molecule has 0 aliphatic carbocycles. The second-order valence-corrected chi connectivity index (χ2v) is 7.26. The van der Waals surface area contributed by atoms with Crippen molar-refractivity contribution in [1.29, 1.82) is 0 Å². The monoisotopic (exact) mass is 286 g/mol. The fourth-order valence-corrected chi connectivity index (χ4v) is 3.94. The van der Waals surface area contributed by atoms with Crippen LogP contribution in [0.5, 0.6) is 0 Å². The summed E-state index contributed by atoms with van der Waals surface area (Å²) in [5.74, 6) is -0.157. The van der Waals surface area contributed by atoms with E-state index < -0.39 is 10.2 Å². The standard InChI is InChI=1S/C13H19FN2O2S/c1-10-7-8-16(19(17,18)15(2)3)13(10)11-5-4-6-12(14)9-11/h4-6,9-10,13H,7-8H2,1-3H3. The summed E-state index contributed by atoms with van der Waals surface area (Å²) in [5, 5.41) is 0. The molecule has 6 heteroatoms. The van der Waals surface area contributed by atoms with Crippen LogP contribution in [-0.4, -0.2) is 37.7 Å². The summed E-state index contributed by atoms with van der Waals surface area (Å²) in [6.45, 7) is 2.48. The first-order chi connectivity index (χ1) is 8.84. The molecule has 0 amide bonds. The zero-order valence-electron chi connectivity index (χ0n) is 11.4. The molecule has 2 atom stereocenters. The lowest BCUT2D eigenvalue weighted by Gasteiger charge is -2.29. The molecule has 1 aromatic rings. The minimum Gasteiger partial charge on any atom is -0.207 e. The molecule has 0 N–H and O–H groups in total. The Labute approximate surface area is 114 Å². The molecule has 1 heterocycles. The minimum atomic E-state index is -3.48. The fraction of sp³-hybridized carbons (Fsp3) is 0.538. The van der Waals surface area contributed by atoms with Gasteiger partial charge in [-0.1, -0.05) is 19.1 Å². The normalized spacial score (nSPS) is 25.1. The van der Waals surface area contributed by atoms with E-state index in [4.69, 9.17) is 0 Å². The average Bonchev–Trinajstić information content (AvgIpc) is 2.71. The molecule has 0 saturated carbocycles. The van der Waals surface area contributed by atoms with E-state index in [2.05, 4.69) is 0 Å². The van der Waals surface area contributed by atoms with Crippen LogP contribution in [0.1, 0.15) is 24.9 Å². The van der Waals surface area contributed by atoms with Crippen LogP contribution in [-0.2, 0) is 10.2 Å². The maximum absolute atomic E-state index is 13.4. The third-order valence-corrected chi connectivity index (χ3v) is 5.53. The molecule has 0 bridgehead atoms. The van der Waals surface area contributed by atoms with Crippen LogP contribution in [0.25, 0.3) is 0 Å². The van der Waals surface area contributed by atoms with Gasteiger partial charge in [0.1, 0.15) is 5.82 Å². The average molecular weight is 286 g/mol. The molecule has 0 aromatic heterocycles. The first kappa shape index (κ1) is 14.4. The van der Waals surface area contributed by atoms with Crippen LogP contribution in [0.15, 0.2) is 24.3 Å². The molecule has 106 valence electrons. The summed E-state index contributed by atoms with van der Waals surface area (Å²) < 4.78 is 40.6. The SMILES string of the molecule is CC1CCN(S(=O)(=O)N(C)C)C1c1cccc(F)c1. The number of hydrogen-bond donors (Lipinski definition) is 0. The Hall–Kier alpha value is -0.980. The molecule has 1 saturated heterocycles. The van der Waals surface area contributed by atoms with Crippen LogP contribution in [0.2, 0.25) is 0 Å². The Morgan fingerprint density at radius 2 is 2.05 bits per heavy atom. The van der Waals surface area contributed by atoms with E-state index in [0.717, 1.165) is 12.0 Å². The largest absolute Gasteiger partial charge is 0.282 e. The lowest BCUT2D eigenvalue weighted by atomic mass is 9.96. The van der Waals surface area contributed by atoms with Gasteiger partial charge in [-0.15, -0.1) is 0 Å². The molecule has 1 aromatic carbocycles. The van der Waals surface area contributed by atoms with Crippen LogP contribution < -0.4 is 0 Å². The lowest BCUT2D eigenvalue weighted by molar-refractivity contribution is 0.332. The second-order valence-electron chi connectivity index (χ2n) is 5.17. The molecular formula is C13H19FN2O2S. The second kappa shape index (κ2) is 5.19. The third kappa shape index (κ3) is 2.66. The summed E-state index contributed by atoms with van der Waals surface area (Å²) in [6, 6.07) is 5.91. The molecule has 2 rings (SSSR count). The molecule has 1 aliphatic rings. The van der Waals surface area contributed by atoms with Gasteiger partial charge in [-0.25, -0.2) is 4.39 Å². The van der Waals surface area contributed by atoms with Gasteiger partial charge in [-0.3, -0.25) is 0 Å². The van der Waals surface area contributed by atoms with E-state index in [1.807, 2.05) is 6.92 Å². The number of hydrogen-bond acceptors (Lipinski definition) is 2. The third-order valence-electron chi connectivity index (χ3n) is 3.60. The van der Waals surface area contributed by atoms with E-state index >= 15 is 0 Å². The zero-order chi connectivity index (χ0) is 14.2. The van der Waals surface area contributed by atoms with Gasteiger partial charge < -0.3 is 0 Å². The van der Waals surface area contributed by atoms with E-state index in [0.29, 0.717) is 6.54 Å². The molecule has 0 radical (unpaired) electrons. The summed E-state index contributed by atoms with van der Waals surface area (Å²) in [4.78, 5) is 0. The highest BCUT2D eigenvalue weighted by Gasteiger charge is 2.40. The minimum absolute atomic E-state index is 0.177. The van der Waals surface area contributed by atoms with Gasteiger partial charge in [-0.2, -0.15) is 17.0 Å². The Morgan fingerprint density at radius 1 is 1.37 bits per heavy atom. The summed E-state index contributed by atoms with van der Waals surface area (Å²) >= 11 is 0. The Bertz CT molecular complexity index is 560. The molecule has 4 nitrogen and oxygen atoms in total. The number of benzene rings is 1. The van der Waals surface area contributed by atoms with Crippen molar-refractivity contribution in [3.05, 3.63) is 35.6 Å². The highest BCUT2D eigenvalue weighted by molar-refractivity contribution is 7.86. The highest BCUT2D eigenvalue weighted by atomic mass is 32.2. The van der Waals surface area contributed by atoms with Gasteiger partial charge in [0.25, 0.3) is 10.2 Å². The van der Waals surface area contributed by atoms with Gasteiger partial charge in [0.2, 0.25) is 0 Å². The topological polar surface area (TPSA) is 40.6 Å². The first-order valence-corrected chi connectivity index (χ1v) is 7.68. The quantitative estimate of drug-likeness (QED) is 0.853. The van der Waals surface area contributed by atoms with Gasteiger partial charge in [-0.05, 0) is 30.0 Å². The maximum atomic E-state index is 13.4. The molecule has 19 heavy (non-hydrogen) atoms.